The van der Waals surface area contributed by atoms with Crippen molar-refractivity contribution in [1.82, 2.24) is 15.0 Å². The lowest BCUT2D eigenvalue weighted by atomic mass is 9.83. The Hall–Kier alpha value is -2.65. The summed E-state index contributed by atoms with van der Waals surface area (Å²) in [6, 6.07) is 6.35. The molecule has 4 rings (SSSR count). The molecular weight excluding hydrogens is 421 g/mol. The topological polar surface area (TPSA) is 83.4 Å². The number of halogens is 1. The van der Waals surface area contributed by atoms with E-state index < -0.39 is 5.82 Å². The zero-order valence-electron chi connectivity index (χ0n) is 17.4. The highest BCUT2D eigenvalue weighted by atomic mass is 32.1. The first-order valence-electron chi connectivity index (χ1n) is 10.3. The van der Waals surface area contributed by atoms with Gasteiger partial charge in [0.2, 0.25) is 11.8 Å². The molecule has 164 valence electrons. The number of hydrogen-bond donors (Lipinski definition) is 0. The van der Waals surface area contributed by atoms with E-state index in [9.17, 15) is 9.18 Å². The van der Waals surface area contributed by atoms with Crippen molar-refractivity contribution >= 4 is 27.5 Å². The molecule has 0 aromatic carbocycles. The van der Waals surface area contributed by atoms with E-state index in [-0.39, 0.29) is 23.7 Å². The summed E-state index contributed by atoms with van der Waals surface area (Å²) in [4.78, 5) is 24.6. The summed E-state index contributed by atoms with van der Waals surface area (Å²) in [6.45, 7) is 4.86. The second-order valence-electron chi connectivity index (χ2n) is 7.99. The van der Waals surface area contributed by atoms with Crippen molar-refractivity contribution in [2.75, 3.05) is 13.2 Å². The number of rotatable bonds is 10. The number of carbonyl (C=O) groups excluding carboxylic acids is 1. The third-order valence-electron chi connectivity index (χ3n) is 5.01. The van der Waals surface area contributed by atoms with Crippen LogP contribution in [0.1, 0.15) is 33.1 Å². The van der Waals surface area contributed by atoms with Crippen LogP contribution >= 0.6 is 11.3 Å². The van der Waals surface area contributed by atoms with Gasteiger partial charge < -0.3 is 19.0 Å². The Morgan fingerprint density at radius 2 is 2.03 bits per heavy atom. The summed E-state index contributed by atoms with van der Waals surface area (Å²) in [6.07, 6.45) is 3.82. The summed E-state index contributed by atoms with van der Waals surface area (Å²) in [5, 5.41) is 0.386. The minimum absolute atomic E-state index is 0.201. The van der Waals surface area contributed by atoms with Gasteiger partial charge in [-0.25, -0.2) is 19.3 Å². The van der Waals surface area contributed by atoms with Crippen LogP contribution in [0.4, 0.5) is 4.39 Å². The molecule has 0 radical (unpaired) electrons. The monoisotopic (exact) mass is 445 g/mol. The first kappa shape index (κ1) is 21.6. The van der Waals surface area contributed by atoms with Gasteiger partial charge in [0.25, 0.3) is 5.19 Å². The van der Waals surface area contributed by atoms with Gasteiger partial charge >= 0.3 is 0 Å². The Labute approximate surface area is 183 Å². The van der Waals surface area contributed by atoms with Crippen molar-refractivity contribution in [1.29, 1.82) is 0 Å². The number of nitrogens with zero attached hydrogens (tertiary/aromatic N) is 3. The first-order chi connectivity index (χ1) is 14.9. The zero-order chi connectivity index (χ0) is 21.8. The molecule has 0 bridgehead atoms. The first-order valence-corrected chi connectivity index (χ1v) is 11.1. The van der Waals surface area contributed by atoms with Gasteiger partial charge in [0.15, 0.2) is 4.83 Å². The van der Waals surface area contributed by atoms with E-state index in [4.69, 9.17) is 14.2 Å². The number of carbonyl (C=O) groups is 1. The molecule has 31 heavy (non-hydrogen) atoms. The Morgan fingerprint density at radius 1 is 1.23 bits per heavy atom. The third-order valence-corrected chi connectivity index (χ3v) is 5.86. The lowest BCUT2D eigenvalue weighted by Gasteiger charge is -2.35. The van der Waals surface area contributed by atoms with Crippen LogP contribution in [0.5, 0.6) is 17.0 Å². The highest BCUT2D eigenvalue weighted by molar-refractivity contribution is 7.19. The maximum absolute atomic E-state index is 13.0. The normalized spacial score (nSPS) is 19.1. The molecule has 9 heteroatoms. The van der Waals surface area contributed by atoms with Crippen LogP contribution in [0.3, 0.4) is 0 Å². The summed E-state index contributed by atoms with van der Waals surface area (Å²) >= 11 is 1.28. The molecule has 0 amide bonds. The zero-order valence-corrected chi connectivity index (χ0v) is 18.2. The van der Waals surface area contributed by atoms with Crippen LogP contribution < -0.4 is 9.47 Å². The van der Waals surface area contributed by atoms with Crippen molar-refractivity contribution in [3.8, 4) is 17.0 Å². The van der Waals surface area contributed by atoms with E-state index in [1.54, 1.807) is 13.0 Å². The number of thiazole rings is 1. The van der Waals surface area contributed by atoms with Crippen molar-refractivity contribution in [2.45, 2.75) is 39.2 Å². The summed E-state index contributed by atoms with van der Waals surface area (Å²) in [5.74, 6) is 1.29. The van der Waals surface area contributed by atoms with E-state index in [1.165, 1.54) is 23.5 Å². The molecule has 0 saturated heterocycles. The molecule has 1 fully saturated rings. The van der Waals surface area contributed by atoms with Gasteiger partial charge in [0.05, 0.1) is 18.9 Å². The molecule has 0 unspecified atom stereocenters. The third kappa shape index (κ3) is 5.95. The number of fused-ring (bicyclic) bond motifs is 1. The predicted octanol–water partition coefficient (Wildman–Crippen LogP) is 4.81. The molecule has 7 nitrogen and oxygen atoms in total. The lowest BCUT2D eigenvalue weighted by molar-refractivity contribution is -0.119. The van der Waals surface area contributed by atoms with Gasteiger partial charge in [0, 0.05) is 25.2 Å². The van der Waals surface area contributed by atoms with E-state index in [1.807, 2.05) is 13.0 Å². The number of pyridine rings is 2. The van der Waals surface area contributed by atoms with Crippen molar-refractivity contribution in [2.24, 2.45) is 11.8 Å². The molecule has 1 aliphatic rings. The van der Waals surface area contributed by atoms with Gasteiger partial charge in [-0.15, -0.1) is 0 Å². The van der Waals surface area contributed by atoms with Crippen LogP contribution in [0.2, 0.25) is 0 Å². The van der Waals surface area contributed by atoms with Gasteiger partial charge in [0.1, 0.15) is 17.1 Å². The summed E-state index contributed by atoms with van der Waals surface area (Å²) in [5.41, 5.74) is 0.700. The Kier molecular flexibility index (Phi) is 6.72. The molecule has 3 aromatic heterocycles. The van der Waals surface area contributed by atoms with Gasteiger partial charge in [-0.2, -0.15) is 0 Å². The molecule has 0 aliphatic heterocycles. The van der Waals surface area contributed by atoms with Gasteiger partial charge in [-0.3, -0.25) is 0 Å². The van der Waals surface area contributed by atoms with Crippen LogP contribution in [0, 0.1) is 17.7 Å². The predicted molar refractivity (Wildman–Crippen MR) is 114 cm³/mol. The van der Waals surface area contributed by atoms with Crippen molar-refractivity contribution in [3.63, 3.8) is 0 Å². The molecule has 0 spiro atoms. The maximum atomic E-state index is 13.0. The van der Waals surface area contributed by atoms with E-state index in [2.05, 4.69) is 15.0 Å². The van der Waals surface area contributed by atoms with Crippen LogP contribution in [-0.2, 0) is 9.53 Å². The number of ketones is 1. The van der Waals surface area contributed by atoms with Gasteiger partial charge in [-0.05, 0) is 43.7 Å². The average molecular weight is 446 g/mol. The summed E-state index contributed by atoms with van der Waals surface area (Å²) in [7, 11) is 0. The SMILES string of the molecule is CC(=O)C[C@@H](C)COC1CC(COc2ccc3nc(Oc4ccc(F)cn4)sc3n2)C1. The van der Waals surface area contributed by atoms with E-state index >= 15 is 0 Å². The van der Waals surface area contributed by atoms with Crippen LogP contribution in [0.25, 0.3) is 10.3 Å². The van der Waals surface area contributed by atoms with Gasteiger partial charge in [-0.1, -0.05) is 18.3 Å². The highest BCUT2D eigenvalue weighted by Gasteiger charge is 2.31. The lowest BCUT2D eigenvalue weighted by Crippen LogP contribution is -2.36. The van der Waals surface area contributed by atoms with E-state index in [0.29, 0.717) is 47.0 Å². The second-order valence-corrected chi connectivity index (χ2v) is 8.93. The number of Topliss-reactive ketones (excluding diaryl/α,β-unsaturated/α-hetero) is 1. The van der Waals surface area contributed by atoms with Crippen LogP contribution in [-0.4, -0.2) is 40.1 Å². The Morgan fingerprint density at radius 3 is 2.77 bits per heavy atom. The minimum atomic E-state index is -0.424. The summed E-state index contributed by atoms with van der Waals surface area (Å²) < 4.78 is 30.3. The number of ether oxygens (including phenoxy) is 3. The Balaban J connectivity index is 1.23. The molecule has 1 aliphatic carbocycles. The molecule has 0 N–H and O–H groups in total. The smallest absolute Gasteiger partial charge is 0.282 e. The average Bonchev–Trinajstić information content (AvgIpc) is 3.09. The molecule has 1 atom stereocenters. The maximum Gasteiger partial charge on any atom is 0.282 e. The Bertz CT molecular complexity index is 1040. The van der Waals surface area contributed by atoms with Crippen LogP contribution in [0.15, 0.2) is 30.5 Å². The largest absolute Gasteiger partial charge is 0.477 e. The molecule has 3 heterocycles. The minimum Gasteiger partial charge on any atom is -0.477 e. The van der Waals surface area contributed by atoms with E-state index in [0.717, 1.165) is 19.0 Å². The number of hydrogen-bond acceptors (Lipinski definition) is 8. The fourth-order valence-corrected chi connectivity index (χ4v) is 4.21. The van der Waals surface area contributed by atoms with Crippen molar-refractivity contribution < 1.29 is 23.4 Å². The fourth-order valence-electron chi connectivity index (χ4n) is 3.42. The number of aromatic nitrogens is 3. The molecular formula is C22H24FN3O4S. The molecule has 3 aromatic rings. The highest BCUT2D eigenvalue weighted by Crippen LogP contribution is 2.33. The standard InChI is InChI=1S/C22H24FN3O4S/c1-13(7-14(2)27)11-28-17-8-15(9-17)12-29-20-6-4-18-21(26-20)31-22(25-18)30-19-5-3-16(23)10-24-19/h3-6,10,13,15,17H,7-9,11-12H2,1-2H3/t13-,15?,17?/m1/s1. The second kappa shape index (κ2) is 9.65. The van der Waals surface area contributed by atoms with Crippen molar-refractivity contribution in [3.05, 3.63) is 36.3 Å². The fraction of sp³-hybridized carbons (Fsp3) is 0.455. The quantitative estimate of drug-likeness (QED) is 0.443. The molecule has 1 saturated carbocycles.